The minimum atomic E-state index is -1.02. The number of hydrogen-bond acceptors (Lipinski definition) is 3. The molecule has 0 aliphatic heterocycles. The predicted molar refractivity (Wildman–Crippen MR) is 66.0 cm³/mol. The highest BCUT2D eigenvalue weighted by molar-refractivity contribution is 5.84. The smallest absolute Gasteiger partial charge is 0.371 e. The SMILES string of the molecule is CCC(CC)C(C)NCc1ccc(C(=O)O)o1. The normalized spacial score (nSPS) is 12.9. The maximum atomic E-state index is 10.6. The van der Waals surface area contributed by atoms with Gasteiger partial charge in [-0.2, -0.15) is 0 Å². The molecule has 2 N–H and O–H groups in total. The summed E-state index contributed by atoms with van der Waals surface area (Å²) in [5, 5.41) is 12.1. The summed E-state index contributed by atoms with van der Waals surface area (Å²) in [4.78, 5) is 10.6. The Labute approximate surface area is 102 Å². The van der Waals surface area contributed by atoms with Crippen molar-refractivity contribution in [1.29, 1.82) is 0 Å². The van der Waals surface area contributed by atoms with Gasteiger partial charge in [-0.1, -0.05) is 26.7 Å². The summed E-state index contributed by atoms with van der Waals surface area (Å²) < 4.78 is 5.18. The van der Waals surface area contributed by atoms with Crippen LogP contribution in [0.4, 0.5) is 0 Å². The van der Waals surface area contributed by atoms with E-state index < -0.39 is 5.97 Å². The van der Waals surface area contributed by atoms with Crippen LogP contribution in [-0.2, 0) is 6.54 Å². The molecule has 0 aliphatic rings. The molecule has 96 valence electrons. The molecule has 0 radical (unpaired) electrons. The maximum Gasteiger partial charge on any atom is 0.371 e. The zero-order valence-corrected chi connectivity index (χ0v) is 10.7. The Bertz CT molecular complexity index is 355. The molecule has 1 unspecified atom stereocenters. The van der Waals surface area contributed by atoms with Crippen molar-refractivity contribution in [2.75, 3.05) is 0 Å². The molecule has 1 rings (SSSR count). The number of carbonyl (C=O) groups is 1. The Morgan fingerprint density at radius 1 is 1.41 bits per heavy atom. The maximum absolute atomic E-state index is 10.6. The highest BCUT2D eigenvalue weighted by Crippen LogP contribution is 2.14. The molecule has 0 aromatic carbocycles. The van der Waals surface area contributed by atoms with Crippen LogP contribution in [-0.4, -0.2) is 17.1 Å². The molecule has 0 bridgehead atoms. The predicted octanol–water partition coefficient (Wildman–Crippen LogP) is 2.89. The van der Waals surface area contributed by atoms with Gasteiger partial charge in [0.2, 0.25) is 5.76 Å². The van der Waals surface area contributed by atoms with Crippen LogP contribution >= 0.6 is 0 Å². The third-order valence-corrected chi connectivity index (χ3v) is 3.23. The average Bonchev–Trinajstić information content (AvgIpc) is 2.76. The summed E-state index contributed by atoms with van der Waals surface area (Å²) in [6, 6.07) is 3.60. The lowest BCUT2D eigenvalue weighted by Gasteiger charge is -2.21. The molecule has 0 saturated carbocycles. The summed E-state index contributed by atoms with van der Waals surface area (Å²) >= 11 is 0. The van der Waals surface area contributed by atoms with Crippen molar-refractivity contribution < 1.29 is 14.3 Å². The Hall–Kier alpha value is -1.29. The van der Waals surface area contributed by atoms with Crippen molar-refractivity contribution >= 4 is 5.97 Å². The van der Waals surface area contributed by atoms with Crippen molar-refractivity contribution in [3.8, 4) is 0 Å². The number of rotatable bonds is 7. The van der Waals surface area contributed by atoms with Crippen LogP contribution in [0.5, 0.6) is 0 Å². The fourth-order valence-electron chi connectivity index (χ4n) is 2.01. The molecule has 1 aromatic heterocycles. The van der Waals surface area contributed by atoms with Gasteiger partial charge in [-0.3, -0.25) is 0 Å². The molecule has 0 saturated heterocycles. The topological polar surface area (TPSA) is 62.5 Å². The molecular weight excluding hydrogens is 218 g/mol. The number of aromatic carboxylic acids is 1. The van der Waals surface area contributed by atoms with Gasteiger partial charge in [-0.05, 0) is 25.0 Å². The fraction of sp³-hybridized carbons (Fsp3) is 0.615. The minimum Gasteiger partial charge on any atom is -0.475 e. The lowest BCUT2D eigenvalue weighted by atomic mass is 9.95. The number of carboxylic acid groups (broad SMARTS) is 1. The number of carboxylic acids is 1. The molecule has 1 aromatic rings. The first-order valence-corrected chi connectivity index (χ1v) is 6.13. The van der Waals surface area contributed by atoms with Gasteiger partial charge in [-0.15, -0.1) is 0 Å². The van der Waals surface area contributed by atoms with E-state index in [9.17, 15) is 4.79 Å². The first-order valence-electron chi connectivity index (χ1n) is 6.13. The zero-order chi connectivity index (χ0) is 12.8. The van der Waals surface area contributed by atoms with Crippen LogP contribution in [0.15, 0.2) is 16.5 Å². The molecule has 4 nitrogen and oxygen atoms in total. The van der Waals surface area contributed by atoms with Gasteiger partial charge < -0.3 is 14.8 Å². The van der Waals surface area contributed by atoms with E-state index in [0.29, 0.717) is 24.3 Å². The van der Waals surface area contributed by atoms with E-state index in [-0.39, 0.29) is 5.76 Å². The molecule has 0 aliphatic carbocycles. The number of hydrogen-bond donors (Lipinski definition) is 2. The van der Waals surface area contributed by atoms with Gasteiger partial charge in [0, 0.05) is 6.04 Å². The first kappa shape index (κ1) is 13.8. The van der Waals surface area contributed by atoms with Crippen LogP contribution in [0.3, 0.4) is 0 Å². The first-order chi connectivity index (χ1) is 8.08. The van der Waals surface area contributed by atoms with Gasteiger partial charge in [0.15, 0.2) is 0 Å². The molecule has 0 fully saturated rings. The van der Waals surface area contributed by atoms with Crippen molar-refractivity contribution in [3.05, 3.63) is 23.7 Å². The molecule has 0 amide bonds. The molecule has 0 spiro atoms. The van der Waals surface area contributed by atoms with E-state index in [4.69, 9.17) is 9.52 Å². The Kier molecular flexibility index (Phi) is 5.22. The largest absolute Gasteiger partial charge is 0.475 e. The number of furan rings is 1. The molecule has 17 heavy (non-hydrogen) atoms. The summed E-state index contributed by atoms with van der Waals surface area (Å²) in [6.07, 6.45) is 2.28. The van der Waals surface area contributed by atoms with Crippen LogP contribution in [0.25, 0.3) is 0 Å². The van der Waals surface area contributed by atoms with Crippen LogP contribution in [0.2, 0.25) is 0 Å². The highest BCUT2D eigenvalue weighted by Gasteiger charge is 2.14. The molecule has 1 heterocycles. The Balaban J connectivity index is 2.46. The van der Waals surface area contributed by atoms with E-state index >= 15 is 0 Å². The van der Waals surface area contributed by atoms with Gasteiger partial charge in [-0.25, -0.2) is 4.79 Å². The fourth-order valence-corrected chi connectivity index (χ4v) is 2.01. The van der Waals surface area contributed by atoms with Crippen molar-refractivity contribution in [3.63, 3.8) is 0 Å². The second-order valence-corrected chi connectivity index (χ2v) is 4.32. The molecule has 1 atom stereocenters. The second-order valence-electron chi connectivity index (χ2n) is 4.32. The van der Waals surface area contributed by atoms with E-state index in [1.807, 2.05) is 0 Å². The monoisotopic (exact) mass is 239 g/mol. The third kappa shape index (κ3) is 3.89. The van der Waals surface area contributed by atoms with Gasteiger partial charge in [0.1, 0.15) is 5.76 Å². The lowest BCUT2D eigenvalue weighted by molar-refractivity contribution is 0.0660. The standard InChI is InChI=1S/C13H21NO3/c1-4-10(5-2)9(3)14-8-11-6-7-12(17-11)13(15)16/h6-7,9-10,14H,4-5,8H2,1-3H3,(H,15,16). The van der Waals surface area contributed by atoms with Crippen LogP contribution < -0.4 is 5.32 Å². The van der Waals surface area contributed by atoms with Gasteiger partial charge in [0.25, 0.3) is 0 Å². The quantitative estimate of drug-likeness (QED) is 0.768. The van der Waals surface area contributed by atoms with Crippen molar-refractivity contribution in [1.82, 2.24) is 5.32 Å². The van der Waals surface area contributed by atoms with E-state index in [1.54, 1.807) is 6.07 Å². The van der Waals surface area contributed by atoms with E-state index in [2.05, 4.69) is 26.1 Å². The zero-order valence-electron chi connectivity index (χ0n) is 10.7. The molecular formula is C13H21NO3. The van der Waals surface area contributed by atoms with Gasteiger partial charge in [0.05, 0.1) is 6.54 Å². The Morgan fingerprint density at radius 2 is 2.06 bits per heavy atom. The van der Waals surface area contributed by atoms with Crippen molar-refractivity contribution in [2.24, 2.45) is 5.92 Å². The average molecular weight is 239 g/mol. The summed E-state index contributed by atoms with van der Waals surface area (Å²) in [5.74, 6) is 0.283. The summed E-state index contributed by atoms with van der Waals surface area (Å²) in [5.41, 5.74) is 0. The summed E-state index contributed by atoms with van der Waals surface area (Å²) in [7, 11) is 0. The van der Waals surface area contributed by atoms with Crippen LogP contribution in [0.1, 0.15) is 49.9 Å². The molecule has 4 heteroatoms. The lowest BCUT2D eigenvalue weighted by Crippen LogP contribution is -2.32. The van der Waals surface area contributed by atoms with Gasteiger partial charge >= 0.3 is 5.97 Å². The third-order valence-electron chi connectivity index (χ3n) is 3.23. The van der Waals surface area contributed by atoms with Crippen LogP contribution in [0, 0.1) is 5.92 Å². The van der Waals surface area contributed by atoms with E-state index in [1.165, 1.54) is 6.07 Å². The summed E-state index contributed by atoms with van der Waals surface area (Å²) in [6.45, 7) is 7.09. The van der Waals surface area contributed by atoms with Crippen molar-refractivity contribution in [2.45, 2.75) is 46.2 Å². The second kappa shape index (κ2) is 6.45. The van der Waals surface area contributed by atoms with E-state index in [0.717, 1.165) is 12.8 Å². The highest BCUT2D eigenvalue weighted by atomic mass is 16.4. The number of nitrogens with one attached hydrogen (secondary N) is 1. The minimum absolute atomic E-state index is 0.00279. The Morgan fingerprint density at radius 3 is 2.53 bits per heavy atom.